The largest absolute Gasteiger partial charge is 0.334 e. The van der Waals surface area contributed by atoms with Crippen LogP contribution in [0, 0.1) is 0 Å². The predicted molar refractivity (Wildman–Crippen MR) is 77.3 cm³/mol. The van der Waals surface area contributed by atoms with Gasteiger partial charge in [-0.05, 0) is 19.3 Å². The highest BCUT2D eigenvalue weighted by molar-refractivity contribution is 5.93. The molecule has 2 rings (SSSR count). The van der Waals surface area contributed by atoms with E-state index < -0.39 is 11.2 Å². The second kappa shape index (κ2) is 6.71. The first-order valence-electron chi connectivity index (χ1n) is 6.36. The summed E-state index contributed by atoms with van der Waals surface area (Å²) in [4.78, 5) is 39.6. The molecule has 1 aliphatic rings. The SMILES string of the molecule is Cl.Cn1c(=O)[nH]cc(C(=O)N2CCCCC2CN)c1=O. The van der Waals surface area contributed by atoms with Crippen molar-refractivity contribution in [2.75, 3.05) is 13.1 Å². The molecule has 112 valence electrons. The number of nitrogens with two attached hydrogens (primary N) is 1. The smallest absolute Gasteiger partial charge is 0.328 e. The lowest BCUT2D eigenvalue weighted by Gasteiger charge is -2.34. The molecule has 0 bridgehead atoms. The van der Waals surface area contributed by atoms with E-state index in [0.717, 1.165) is 23.8 Å². The van der Waals surface area contributed by atoms with Crippen molar-refractivity contribution in [2.45, 2.75) is 25.3 Å². The van der Waals surface area contributed by atoms with Crippen LogP contribution in [0.25, 0.3) is 0 Å². The topological polar surface area (TPSA) is 101 Å². The summed E-state index contributed by atoms with van der Waals surface area (Å²) < 4.78 is 0.897. The first kappa shape index (κ1) is 16.5. The number of hydrogen-bond acceptors (Lipinski definition) is 4. The first-order valence-corrected chi connectivity index (χ1v) is 6.36. The van der Waals surface area contributed by atoms with Crippen molar-refractivity contribution in [2.24, 2.45) is 12.8 Å². The summed E-state index contributed by atoms with van der Waals surface area (Å²) >= 11 is 0. The monoisotopic (exact) mass is 302 g/mol. The van der Waals surface area contributed by atoms with Crippen molar-refractivity contribution in [3.63, 3.8) is 0 Å². The maximum atomic E-state index is 12.4. The molecule has 0 aromatic carbocycles. The van der Waals surface area contributed by atoms with Gasteiger partial charge in [-0.2, -0.15) is 0 Å². The maximum absolute atomic E-state index is 12.4. The van der Waals surface area contributed by atoms with Crippen LogP contribution in [-0.4, -0.2) is 39.5 Å². The van der Waals surface area contributed by atoms with Gasteiger partial charge in [-0.25, -0.2) is 4.79 Å². The fourth-order valence-corrected chi connectivity index (χ4v) is 2.39. The Bertz CT molecular complexity index is 595. The number of piperidine rings is 1. The summed E-state index contributed by atoms with van der Waals surface area (Å²) in [6.07, 6.45) is 3.99. The van der Waals surface area contributed by atoms with Crippen molar-refractivity contribution in [3.05, 3.63) is 32.6 Å². The Kier molecular flexibility index (Phi) is 5.52. The average Bonchev–Trinajstić information content (AvgIpc) is 2.44. The van der Waals surface area contributed by atoms with Crippen molar-refractivity contribution in [1.29, 1.82) is 0 Å². The van der Waals surface area contributed by atoms with E-state index in [1.165, 1.54) is 13.2 Å². The quantitative estimate of drug-likeness (QED) is 0.765. The summed E-state index contributed by atoms with van der Waals surface area (Å²) in [7, 11) is 1.34. The number of carbonyl (C=O) groups is 1. The summed E-state index contributed by atoms with van der Waals surface area (Å²) in [5.74, 6) is -0.355. The standard InChI is InChI=1S/C12H18N4O3.ClH/c1-15-10(17)9(7-14-12(15)19)11(18)16-5-3-2-4-8(16)6-13;/h7-8H,2-6,13H2,1H3,(H,14,19);1H. The summed E-state index contributed by atoms with van der Waals surface area (Å²) in [6.45, 7) is 0.985. The van der Waals surface area contributed by atoms with Crippen molar-refractivity contribution < 1.29 is 4.79 Å². The van der Waals surface area contributed by atoms with E-state index in [1.54, 1.807) is 4.90 Å². The highest BCUT2D eigenvalue weighted by atomic mass is 35.5. The molecule has 1 unspecified atom stereocenters. The number of nitrogens with zero attached hydrogens (tertiary/aromatic N) is 2. The number of H-pyrrole nitrogens is 1. The molecular formula is C12H19ClN4O3. The molecule has 20 heavy (non-hydrogen) atoms. The van der Waals surface area contributed by atoms with Crippen molar-refractivity contribution in [1.82, 2.24) is 14.5 Å². The molecule has 1 atom stereocenters. The number of rotatable bonds is 2. The van der Waals surface area contributed by atoms with Crippen LogP contribution in [0.5, 0.6) is 0 Å². The Hall–Kier alpha value is -1.60. The number of amides is 1. The summed E-state index contributed by atoms with van der Waals surface area (Å²) in [5, 5.41) is 0. The average molecular weight is 303 g/mol. The summed E-state index contributed by atoms with van der Waals surface area (Å²) in [6, 6.07) is -0.0297. The van der Waals surface area contributed by atoms with Crippen LogP contribution in [0.2, 0.25) is 0 Å². The third kappa shape index (κ3) is 2.94. The fraction of sp³-hybridized carbons (Fsp3) is 0.583. The molecule has 0 spiro atoms. The predicted octanol–water partition coefficient (Wildman–Crippen LogP) is -0.551. The van der Waals surface area contributed by atoms with Gasteiger partial charge in [0.15, 0.2) is 0 Å². The van der Waals surface area contributed by atoms with Crippen LogP contribution >= 0.6 is 12.4 Å². The summed E-state index contributed by atoms with van der Waals surface area (Å²) in [5.41, 5.74) is 4.55. The minimum Gasteiger partial charge on any atom is -0.334 e. The number of hydrogen-bond donors (Lipinski definition) is 2. The lowest BCUT2D eigenvalue weighted by atomic mass is 10.0. The molecule has 1 amide bonds. The van der Waals surface area contributed by atoms with Crippen LogP contribution in [0.15, 0.2) is 15.8 Å². The highest BCUT2D eigenvalue weighted by Gasteiger charge is 2.28. The van der Waals surface area contributed by atoms with Gasteiger partial charge in [-0.3, -0.25) is 14.2 Å². The number of aromatic nitrogens is 2. The molecule has 1 fully saturated rings. The minimum atomic E-state index is -0.574. The second-order valence-electron chi connectivity index (χ2n) is 4.76. The first-order chi connectivity index (χ1) is 9.06. The zero-order chi connectivity index (χ0) is 14.0. The molecular weight excluding hydrogens is 284 g/mol. The van der Waals surface area contributed by atoms with E-state index in [2.05, 4.69) is 4.98 Å². The third-order valence-electron chi connectivity index (χ3n) is 3.57. The lowest BCUT2D eigenvalue weighted by molar-refractivity contribution is 0.0620. The van der Waals surface area contributed by atoms with Gasteiger partial charge >= 0.3 is 5.69 Å². The number of halogens is 1. The van der Waals surface area contributed by atoms with E-state index in [-0.39, 0.29) is 29.9 Å². The molecule has 3 N–H and O–H groups in total. The van der Waals surface area contributed by atoms with E-state index in [0.29, 0.717) is 13.1 Å². The Balaban J connectivity index is 0.00000200. The highest BCUT2D eigenvalue weighted by Crippen LogP contribution is 2.17. The number of carbonyl (C=O) groups excluding carboxylic acids is 1. The molecule has 7 nitrogen and oxygen atoms in total. The van der Waals surface area contributed by atoms with Crippen LogP contribution in [-0.2, 0) is 7.05 Å². The Morgan fingerprint density at radius 3 is 2.80 bits per heavy atom. The zero-order valence-electron chi connectivity index (χ0n) is 11.3. The van der Waals surface area contributed by atoms with Gasteiger partial charge in [0.2, 0.25) is 0 Å². The van der Waals surface area contributed by atoms with E-state index >= 15 is 0 Å². The molecule has 2 heterocycles. The van der Waals surface area contributed by atoms with Crippen LogP contribution in [0.4, 0.5) is 0 Å². The molecule has 1 aliphatic heterocycles. The molecule has 8 heteroatoms. The Morgan fingerprint density at radius 1 is 1.45 bits per heavy atom. The lowest BCUT2D eigenvalue weighted by Crippen LogP contribution is -2.49. The van der Waals surface area contributed by atoms with Crippen molar-refractivity contribution in [3.8, 4) is 0 Å². The van der Waals surface area contributed by atoms with E-state index in [9.17, 15) is 14.4 Å². The van der Waals surface area contributed by atoms with Gasteiger partial charge < -0.3 is 15.6 Å². The zero-order valence-corrected chi connectivity index (χ0v) is 12.1. The second-order valence-corrected chi connectivity index (χ2v) is 4.76. The van der Waals surface area contributed by atoms with Gasteiger partial charge in [-0.1, -0.05) is 0 Å². The Morgan fingerprint density at radius 2 is 2.15 bits per heavy atom. The fourth-order valence-electron chi connectivity index (χ4n) is 2.39. The third-order valence-corrected chi connectivity index (χ3v) is 3.57. The maximum Gasteiger partial charge on any atom is 0.328 e. The van der Waals surface area contributed by atoms with Crippen LogP contribution < -0.4 is 17.0 Å². The molecule has 0 radical (unpaired) electrons. The van der Waals surface area contributed by atoms with Crippen LogP contribution in [0.1, 0.15) is 29.6 Å². The number of nitrogens with one attached hydrogen (secondary N) is 1. The molecule has 0 aliphatic carbocycles. The molecule has 1 aromatic rings. The minimum absolute atomic E-state index is 0. The van der Waals surface area contributed by atoms with Gasteiger partial charge in [0.25, 0.3) is 11.5 Å². The van der Waals surface area contributed by atoms with Gasteiger partial charge in [0, 0.05) is 32.4 Å². The van der Waals surface area contributed by atoms with Crippen LogP contribution in [0.3, 0.4) is 0 Å². The van der Waals surface area contributed by atoms with E-state index in [1.807, 2.05) is 0 Å². The van der Waals surface area contributed by atoms with Crippen molar-refractivity contribution >= 4 is 18.3 Å². The van der Waals surface area contributed by atoms with Gasteiger partial charge in [-0.15, -0.1) is 12.4 Å². The number of likely N-dealkylation sites (tertiary alicyclic amines) is 1. The molecule has 1 saturated heterocycles. The normalized spacial score (nSPS) is 18.5. The molecule has 1 aromatic heterocycles. The molecule has 0 saturated carbocycles. The van der Waals surface area contributed by atoms with E-state index in [4.69, 9.17) is 5.73 Å². The number of aromatic amines is 1. The Labute approximate surface area is 122 Å². The van der Waals surface area contributed by atoms with Gasteiger partial charge in [0.1, 0.15) is 5.56 Å². The van der Waals surface area contributed by atoms with Gasteiger partial charge in [0.05, 0.1) is 0 Å².